The second-order valence-electron chi connectivity index (χ2n) is 1.79. The highest BCUT2D eigenvalue weighted by Gasteiger charge is 1.91. The van der Waals surface area contributed by atoms with E-state index in [1.54, 1.807) is 0 Å². The minimum Gasteiger partial charge on any atom is -0.379 e. The smallest absolute Gasteiger partial charge is 0.233 e. The molecule has 0 aromatic rings. The van der Waals surface area contributed by atoms with Crippen LogP contribution in [0.3, 0.4) is 0 Å². The molecule has 6 heteroatoms. The second-order valence-corrected chi connectivity index (χ2v) is 1.79. The van der Waals surface area contributed by atoms with Crippen LogP contribution in [0.4, 0.5) is 0 Å². The first-order valence-electron chi connectivity index (χ1n) is 3.57. The molecule has 0 heterocycles. The van der Waals surface area contributed by atoms with E-state index in [4.69, 9.17) is 15.0 Å². The van der Waals surface area contributed by atoms with E-state index in [-0.39, 0.29) is 5.96 Å². The topological polar surface area (TPSA) is 78.7 Å². The summed E-state index contributed by atoms with van der Waals surface area (Å²) in [5.74, 6) is -0.0542. The van der Waals surface area contributed by atoms with Crippen molar-refractivity contribution in [3.63, 3.8) is 0 Å². The Morgan fingerprint density at radius 1 is 1.58 bits per heavy atom. The molecule has 6 nitrogen and oxygen atoms in total. The van der Waals surface area contributed by atoms with Gasteiger partial charge in [0.2, 0.25) is 5.96 Å². The molecule has 0 aromatic carbocycles. The van der Waals surface area contributed by atoms with E-state index in [9.17, 15) is 0 Å². The Balaban J connectivity index is 3.08. The highest BCUT2D eigenvalue weighted by Crippen LogP contribution is 1.73. The summed E-state index contributed by atoms with van der Waals surface area (Å²) in [4.78, 5) is 4.80. The van der Waals surface area contributed by atoms with Crippen LogP contribution >= 0.6 is 0 Å². The Labute approximate surface area is 71.4 Å². The maximum absolute atomic E-state index is 7.05. The van der Waals surface area contributed by atoms with Gasteiger partial charge in [-0.05, 0) is 6.92 Å². The average Bonchev–Trinajstić information content (AvgIpc) is 2.05. The minimum atomic E-state index is -0.0542. The van der Waals surface area contributed by atoms with Crippen molar-refractivity contribution in [3.8, 4) is 0 Å². The van der Waals surface area contributed by atoms with Gasteiger partial charge in [-0.2, -0.15) is 5.10 Å². The van der Waals surface area contributed by atoms with Crippen LogP contribution in [0.2, 0.25) is 0 Å². The summed E-state index contributed by atoms with van der Waals surface area (Å²) in [6.45, 7) is 6.58. The van der Waals surface area contributed by atoms with E-state index in [1.807, 2.05) is 6.92 Å². The van der Waals surface area contributed by atoms with Crippen molar-refractivity contribution >= 4 is 12.7 Å². The van der Waals surface area contributed by atoms with Crippen LogP contribution in [0.1, 0.15) is 6.92 Å². The molecule has 0 radical (unpaired) electrons. The van der Waals surface area contributed by atoms with Gasteiger partial charge < -0.3 is 4.74 Å². The quantitative estimate of drug-likeness (QED) is 0.223. The lowest BCUT2D eigenvalue weighted by Crippen LogP contribution is -2.33. The largest absolute Gasteiger partial charge is 0.379 e. The molecule has 0 saturated carbocycles. The third-order valence-electron chi connectivity index (χ3n) is 0.899. The predicted octanol–water partition coefficient (Wildman–Crippen LogP) is -0.316. The molecule has 3 N–H and O–H groups in total. The first-order valence-corrected chi connectivity index (χ1v) is 3.57. The summed E-state index contributed by atoms with van der Waals surface area (Å²) in [6.07, 6.45) is 0. The summed E-state index contributed by atoms with van der Waals surface area (Å²) in [6, 6.07) is 0. The Morgan fingerprint density at radius 3 is 2.92 bits per heavy atom. The van der Waals surface area contributed by atoms with Crippen molar-refractivity contribution in [1.82, 2.24) is 10.9 Å². The fourth-order valence-electron chi connectivity index (χ4n) is 0.470. The van der Waals surface area contributed by atoms with Crippen LogP contribution in [0.15, 0.2) is 5.10 Å². The van der Waals surface area contributed by atoms with Crippen molar-refractivity contribution < 1.29 is 9.57 Å². The molecule has 0 saturated heterocycles. The first-order chi connectivity index (χ1) is 5.81. The molecular formula is C6H14N4O2. The Bertz CT molecular complexity index is 140. The van der Waals surface area contributed by atoms with Gasteiger partial charge in [0.05, 0.1) is 13.2 Å². The first kappa shape index (κ1) is 10.9. The summed E-state index contributed by atoms with van der Waals surface area (Å²) < 4.78 is 4.98. The van der Waals surface area contributed by atoms with Crippen molar-refractivity contribution in [3.05, 3.63) is 0 Å². The van der Waals surface area contributed by atoms with Crippen LogP contribution in [0.25, 0.3) is 0 Å². The number of hydrogen-bond acceptors (Lipinski definition) is 4. The lowest BCUT2D eigenvalue weighted by Gasteiger charge is -2.06. The number of nitrogens with one attached hydrogen (secondary N) is 3. The third kappa shape index (κ3) is 6.97. The van der Waals surface area contributed by atoms with E-state index in [0.29, 0.717) is 19.8 Å². The van der Waals surface area contributed by atoms with Gasteiger partial charge in [0.25, 0.3) is 0 Å². The molecule has 0 aliphatic rings. The summed E-state index contributed by atoms with van der Waals surface area (Å²) in [5, 5.41) is 10.3. The fraction of sp³-hybridized carbons (Fsp3) is 0.667. The zero-order valence-electron chi connectivity index (χ0n) is 7.09. The molecule has 0 bridgehead atoms. The number of hydrazone groups is 1. The van der Waals surface area contributed by atoms with E-state index >= 15 is 0 Å². The lowest BCUT2D eigenvalue weighted by atomic mass is 10.7. The second kappa shape index (κ2) is 7.96. The molecule has 70 valence electrons. The maximum atomic E-state index is 7.05. The van der Waals surface area contributed by atoms with E-state index in [1.165, 1.54) is 0 Å². The third-order valence-corrected chi connectivity index (χ3v) is 0.899. The van der Waals surface area contributed by atoms with Crippen LogP contribution < -0.4 is 10.9 Å². The van der Waals surface area contributed by atoms with Crippen LogP contribution in [-0.4, -0.2) is 32.5 Å². The molecule has 0 rings (SSSR count). The van der Waals surface area contributed by atoms with Crippen LogP contribution in [0, 0.1) is 5.41 Å². The SMILES string of the molecule is C=NNC(=N)NOCCOCC. The van der Waals surface area contributed by atoms with Crippen LogP contribution in [0.5, 0.6) is 0 Å². The zero-order valence-corrected chi connectivity index (χ0v) is 7.09. The van der Waals surface area contributed by atoms with E-state index < -0.39 is 0 Å². The van der Waals surface area contributed by atoms with E-state index in [2.05, 4.69) is 22.7 Å². The molecule has 0 aromatic heterocycles. The monoisotopic (exact) mass is 174 g/mol. The van der Waals surface area contributed by atoms with Crippen molar-refractivity contribution in [2.75, 3.05) is 19.8 Å². The van der Waals surface area contributed by atoms with Crippen molar-refractivity contribution in [1.29, 1.82) is 5.41 Å². The highest BCUT2D eigenvalue weighted by molar-refractivity contribution is 5.75. The molecule has 0 aliphatic carbocycles. The van der Waals surface area contributed by atoms with Gasteiger partial charge >= 0.3 is 0 Å². The van der Waals surface area contributed by atoms with Gasteiger partial charge in [-0.15, -0.1) is 0 Å². The van der Waals surface area contributed by atoms with Crippen LogP contribution in [-0.2, 0) is 9.57 Å². The summed E-state index contributed by atoms with van der Waals surface area (Å²) >= 11 is 0. The number of nitrogens with zero attached hydrogens (tertiary/aromatic N) is 1. The number of hydrogen-bond donors (Lipinski definition) is 3. The molecular weight excluding hydrogens is 160 g/mol. The highest BCUT2D eigenvalue weighted by atomic mass is 16.7. The van der Waals surface area contributed by atoms with E-state index in [0.717, 1.165) is 0 Å². The molecule has 0 atom stereocenters. The summed E-state index contributed by atoms with van der Waals surface area (Å²) in [5.41, 5.74) is 4.56. The Morgan fingerprint density at radius 2 is 2.33 bits per heavy atom. The fourth-order valence-corrected chi connectivity index (χ4v) is 0.470. The number of ether oxygens (including phenoxy) is 1. The minimum absolute atomic E-state index is 0.0542. The maximum Gasteiger partial charge on any atom is 0.233 e. The Kier molecular flexibility index (Phi) is 7.21. The summed E-state index contributed by atoms with van der Waals surface area (Å²) in [7, 11) is 0. The normalized spacial score (nSPS) is 9.08. The van der Waals surface area contributed by atoms with Crippen molar-refractivity contribution in [2.24, 2.45) is 5.10 Å². The number of guanidine groups is 1. The predicted molar refractivity (Wildman–Crippen MR) is 46.0 cm³/mol. The Hall–Kier alpha value is -1.14. The molecule has 0 fully saturated rings. The molecule has 0 spiro atoms. The van der Waals surface area contributed by atoms with Gasteiger partial charge in [-0.3, -0.25) is 10.2 Å². The average molecular weight is 174 g/mol. The van der Waals surface area contributed by atoms with Gasteiger partial charge in [0.15, 0.2) is 0 Å². The van der Waals surface area contributed by atoms with Gasteiger partial charge in [0.1, 0.15) is 0 Å². The van der Waals surface area contributed by atoms with Gasteiger partial charge in [-0.1, -0.05) is 0 Å². The number of hydroxylamine groups is 1. The number of rotatable bonds is 6. The lowest BCUT2D eigenvalue weighted by molar-refractivity contribution is 0.0235. The molecule has 0 aliphatic heterocycles. The van der Waals surface area contributed by atoms with Gasteiger partial charge in [-0.25, -0.2) is 10.9 Å². The zero-order chi connectivity index (χ0) is 9.23. The van der Waals surface area contributed by atoms with Crippen molar-refractivity contribution in [2.45, 2.75) is 6.92 Å². The molecule has 0 amide bonds. The molecule has 12 heavy (non-hydrogen) atoms. The molecule has 0 unspecified atom stereocenters. The standard InChI is InChI=1S/C6H14N4O2/c1-3-11-4-5-12-10-6(7)9-8-2/h2-5H2,1H3,(H3,7,9,10). The van der Waals surface area contributed by atoms with Gasteiger partial charge in [0, 0.05) is 13.3 Å².